The summed E-state index contributed by atoms with van der Waals surface area (Å²) in [6.07, 6.45) is -0.706. The lowest BCUT2D eigenvalue weighted by molar-refractivity contribution is -0.138. The Hall–Kier alpha value is -2.47. The standard InChI is InChI=1S/C22H26F2N2O2/c1-17(18-8-4-2-5-9-18)25-21(27)20-16-22(23,24)12-13-26(20)14-15-28-19-10-6-3-7-11-19/h2-11,17,20H,12-16H2,1H3,(H,25,27)/t17-,20+/m0/s1. The molecule has 2 atom stereocenters. The molecule has 1 aliphatic rings. The number of carbonyl (C=O) groups is 1. The average Bonchev–Trinajstić information content (AvgIpc) is 2.70. The molecule has 0 aliphatic carbocycles. The van der Waals surface area contributed by atoms with Gasteiger partial charge in [-0.15, -0.1) is 0 Å². The lowest BCUT2D eigenvalue weighted by Gasteiger charge is -2.38. The topological polar surface area (TPSA) is 41.6 Å². The zero-order valence-corrected chi connectivity index (χ0v) is 16.0. The molecule has 0 aromatic heterocycles. The predicted octanol–water partition coefficient (Wildman–Crippen LogP) is 4.04. The van der Waals surface area contributed by atoms with Crippen molar-refractivity contribution in [3.63, 3.8) is 0 Å². The highest BCUT2D eigenvalue weighted by Gasteiger charge is 2.43. The third-order valence-electron chi connectivity index (χ3n) is 5.05. The smallest absolute Gasteiger partial charge is 0.251 e. The van der Waals surface area contributed by atoms with E-state index < -0.39 is 18.4 Å². The van der Waals surface area contributed by atoms with Crippen molar-refractivity contribution in [2.45, 2.75) is 37.8 Å². The largest absolute Gasteiger partial charge is 0.492 e. The Bertz CT molecular complexity index is 756. The van der Waals surface area contributed by atoms with Crippen LogP contribution in [0.2, 0.25) is 0 Å². The molecule has 0 spiro atoms. The molecule has 0 saturated carbocycles. The van der Waals surface area contributed by atoms with Gasteiger partial charge in [-0.05, 0) is 24.6 Å². The van der Waals surface area contributed by atoms with Crippen LogP contribution in [-0.2, 0) is 4.79 Å². The number of nitrogens with one attached hydrogen (secondary N) is 1. The third kappa shape index (κ3) is 5.52. The molecule has 1 heterocycles. The Kier molecular flexibility index (Phi) is 6.62. The quantitative estimate of drug-likeness (QED) is 0.778. The molecule has 1 fully saturated rings. The molecular weight excluding hydrogens is 362 g/mol. The molecule has 1 N–H and O–H groups in total. The first-order chi connectivity index (χ1) is 13.4. The minimum Gasteiger partial charge on any atom is -0.492 e. The van der Waals surface area contributed by atoms with E-state index in [1.807, 2.05) is 67.6 Å². The molecule has 150 valence electrons. The fourth-order valence-electron chi connectivity index (χ4n) is 3.44. The van der Waals surface area contributed by atoms with Crippen molar-refractivity contribution in [2.24, 2.45) is 0 Å². The van der Waals surface area contributed by atoms with Gasteiger partial charge in [0, 0.05) is 25.9 Å². The first kappa shape index (κ1) is 20.3. The van der Waals surface area contributed by atoms with Crippen molar-refractivity contribution in [2.75, 3.05) is 19.7 Å². The van der Waals surface area contributed by atoms with Gasteiger partial charge in [-0.2, -0.15) is 0 Å². The van der Waals surface area contributed by atoms with Crippen molar-refractivity contribution in [3.05, 3.63) is 66.2 Å². The highest BCUT2D eigenvalue weighted by Crippen LogP contribution is 2.32. The molecule has 2 aromatic carbocycles. The number of piperidine rings is 1. The van der Waals surface area contributed by atoms with Gasteiger partial charge in [0.25, 0.3) is 5.92 Å². The summed E-state index contributed by atoms with van der Waals surface area (Å²) in [5.74, 6) is -2.46. The van der Waals surface area contributed by atoms with E-state index in [4.69, 9.17) is 4.74 Å². The lowest BCUT2D eigenvalue weighted by atomic mass is 9.97. The van der Waals surface area contributed by atoms with Crippen LogP contribution in [0.4, 0.5) is 8.78 Å². The second-order valence-corrected chi connectivity index (χ2v) is 7.16. The van der Waals surface area contributed by atoms with Crippen LogP contribution < -0.4 is 10.1 Å². The van der Waals surface area contributed by atoms with Crippen LogP contribution >= 0.6 is 0 Å². The number of ether oxygens (including phenoxy) is 1. The summed E-state index contributed by atoms with van der Waals surface area (Å²) in [5.41, 5.74) is 0.942. The van der Waals surface area contributed by atoms with Crippen molar-refractivity contribution in [1.29, 1.82) is 0 Å². The summed E-state index contributed by atoms with van der Waals surface area (Å²) >= 11 is 0. The number of halogens is 2. The second kappa shape index (κ2) is 9.15. The molecule has 0 radical (unpaired) electrons. The van der Waals surface area contributed by atoms with Crippen molar-refractivity contribution >= 4 is 5.91 Å². The van der Waals surface area contributed by atoms with Gasteiger partial charge in [0.2, 0.25) is 5.91 Å². The van der Waals surface area contributed by atoms with E-state index in [-0.39, 0.29) is 24.9 Å². The van der Waals surface area contributed by atoms with E-state index in [0.717, 1.165) is 11.3 Å². The summed E-state index contributed by atoms with van der Waals surface area (Å²) < 4.78 is 33.7. The fourth-order valence-corrected chi connectivity index (χ4v) is 3.44. The highest BCUT2D eigenvalue weighted by atomic mass is 19.3. The van der Waals surface area contributed by atoms with Gasteiger partial charge in [0.05, 0.1) is 12.1 Å². The third-order valence-corrected chi connectivity index (χ3v) is 5.05. The molecular formula is C22H26F2N2O2. The van der Waals surface area contributed by atoms with Crippen LogP contribution in [0.3, 0.4) is 0 Å². The van der Waals surface area contributed by atoms with E-state index in [1.54, 1.807) is 4.90 Å². The van der Waals surface area contributed by atoms with Gasteiger partial charge in [-0.1, -0.05) is 48.5 Å². The number of likely N-dealkylation sites (tertiary alicyclic amines) is 1. The van der Waals surface area contributed by atoms with Crippen LogP contribution in [-0.4, -0.2) is 42.5 Å². The van der Waals surface area contributed by atoms with E-state index in [1.165, 1.54) is 0 Å². The maximum atomic E-state index is 14.0. The SMILES string of the molecule is C[C@H](NC(=O)[C@H]1CC(F)(F)CCN1CCOc1ccccc1)c1ccccc1. The highest BCUT2D eigenvalue weighted by molar-refractivity contribution is 5.82. The lowest BCUT2D eigenvalue weighted by Crippen LogP contribution is -2.55. The Morgan fingerprint density at radius 1 is 1.18 bits per heavy atom. The van der Waals surface area contributed by atoms with E-state index in [0.29, 0.717) is 13.2 Å². The van der Waals surface area contributed by atoms with Gasteiger partial charge >= 0.3 is 0 Å². The monoisotopic (exact) mass is 388 g/mol. The number of rotatable bonds is 7. The maximum absolute atomic E-state index is 14.0. The summed E-state index contributed by atoms with van der Waals surface area (Å²) in [7, 11) is 0. The number of para-hydroxylation sites is 1. The molecule has 3 rings (SSSR count). The number of benzene rings is 2. The van der Waals surface area contributed by atoms with Gasteiger partial charge in [0.1, 0.15) is 12.4 Å². The summed E-state index contributed by atoms with van der Waals surface area (Å²) in [5, 5.41) is 2.89. The Morgan fingerprint density at radius 2 is 1.82 bits per heavy atom. The van der Waals surface area contributed by atoms with Crippen LogP contribution in [0.1, 0.15) is 31.4 Å². The molecule has 1 amide bonds. The number of nitrogens with zero attached hydrogens (tertiary/aromatic N) is 1. The molecule has 1 aliphatic heterocycles. The summed E-state index contributed by atoms with van der Waals surface area (Å²) in [4.78, 5) is 14.6. The number of alkyl halides is 2. The zero-order valence-electron chi connectivity index (χ0n) is 16.0. The number of carbonyl (C=O) groups excluding carboxylic acids is 1. The van der Waals surface area contributed by atoms with E-state index in [9.17, 15) is 13.6 Å². The van der Waals surface area contributed by atoms with Gasteiger partial charge in [-0.25, -0.2) is 8.78 Å². The summed E-state index contributed by atoms with van der Waals surface area (Å²) in [6.45, 7) is 2.79. The van der Waals surface area contributed by atoms with Crippen molar-refractivity contribution in [1.82, 2.24) is 10.2 Å². The fraction of sp³-hybridized carbons (Fsp3) is 0.409. The normalized spacial score (nSPS) is 20.3. The molecule has 0 unspecified atom stereocenters. The van der Waals surface area contributed by atoms with Gasteiger partial charge in [0.15, 0.2) is 0 Å². The molecule has 0 bridgehead atoms. The molecule has 6 heteroatoms. The van der Waals surface area contributed by atoms with Crippen molar-refractivity contribution in [3.8, 4) is 5.75 Å². The first-order valence-corrected chi connectivity index (χ1v) is 9.60. The molecule has 2 aromatic rings. The molecule has 1 saturated heterocycles. The molecule has 28 heavy (non-hydrogen) atoms. The number of amides is 1. The molecule has 4 nitrogen and oxygen atoms in total. The van der Waals surface area contributed by atoms with Crippen LogP contribution in [0.5, 0.6) is 5.75 Å². The van der Waals surface area contributed by atoms with Gasteiger partial charge in [-0.3, -0.25) is 9.69 Å². The predicted molar refractivity (Wildman–Crippen MR) is 104 cm³/mol. The van der Waals surface area contributed by atoms with Crippen LogP contribution in [0.25, 0.3) is 0 Å². The minimum atomic E-state index is -2.82. The van der Waals surface area contributed by atoms with Gasteiger partial charge < -0.3 is 10.1 Å². The number of hydrogen-bond donors (Lipinski definition) is 1. The Labute approximate surface area is 164 Å². The zero-order chi connectivity index (χ0) is 20.0. The average molecular weight is 388 g/mol. The Morgan fingerprint density at radius 3 is 2.50 bits per heavy atom. The Balaban J connectivity index is 1.61. The second-order valence-electron chi connectivity index (χ2n) is 7.16. The maximum Gasteiger partial charge on any atom is 0.251 e. The van der Waals surface area contributed by atoms with E-state index in [2.05, 4.69) is 5.32 Å². The number of hydrogen-bond acceptors (Lipinski definition) is 3. The van der Waals surface area contributed by atoms with Crippen molar-refractivity contribution < 1.29 is 18.3 Å². The van der Waals surface area contributed by atoms with Crippen LogP contribution in [0, 0.1) is 0 Å². The minimum absolute atomic E-state index is 0.170. The summed E-state index contributed by atoms with van der Waals surface area (Å²) in [6, 6.07) is 17.7. The first-order valence-electron chi connectivity index (χ1n) is 9.60. The van der Waals surface area contributed by atoms with E-state index >= 15 is 0 Å². The van der Waals surface area contributed by atoms with Crippen LogP contribution in [0.15, 0.2) is 60.7 Å².